The zero-order chi connectivity index (χ0) is 12.8. The number of nitrogens with one attached hydrogen (secondary N) is 2. The van der Waals surface area contributed by atoms with Gasteiger partial charge in [-0.3, -0.25) is 0 Å². The van der Waals surface area contributed by atoms with Crippen molar-refractivity contribution < 1.29 is 0 Å². The molecule has 2 N–H and O–H groups in total. The largest absolute Gasteiger partial charge is 0.338 e. The first kappa shape index (κ1) is 11.2. The number of halogens is 1. The Morgan fingerprint density at radius 3 is 2.84 bits per heavy atom. The number of hydrogen-bond acceptors (Lipinski definition) is 2. The lowest BCUT2D eigenvalue weighted by Crippen LogP contribution is -1.99. The van der Waals surface area contributed by atoms with Gasteiger partial charge in [0.25, 0.3) is 0 Å². The molecule has 0 radical (unpaired) electrons. The van der Waals surface area contributed by atoms with Crippen LogP contribution in [0.25, 0.3) is 22.4 Å². The molecule has 0 saturated carbocycles. The summed E-state index contributed by atoms with van der Waals surface area (Å²) in [5, 5.41) is 3.36. The molecule has 0 fully saturated rings. The molecule has 0 saturated heterocycles. The van der Waals surface area contributed by atoms with E-state index >= 15 is 0 Å². The van der Waals surface area contributed by atoms with Gasteiger partial charge in [-0.1, -0.05) is 28.1 Å². The van der Waals surface area contributed by atoms with E-state index in [9.17, 15) is 0 Å². The summed E-state index contributed by atoms with van der Waals surface area (Å²) in [5.41, 5.74) is 5.97. The molecule has 3 aromatic rings. The van der Waals surface area contributed by atoms with Gasteiger partial charge in [0.1, 0.15) is 5.82 Å². The van der Waals surface area contributed by atoms with Crippen LogP contribution in [0.4, 0.5) is 0 Å². The third-order valence-corrected chi connectivity index (χ3v) is 4.05. The maximum atomic E-state index is 4.65. The van der Waals surface area contributed by atoms with Crippen molar-refractivity contribution in [1.29, 1.82) is 0 Å². The molecule has 0 unspecified atom stereocenters. The van der Waals surface area contributed by atoms with E-state index in [1.165, 1.54) is 11.1 Å². The standard InChI is InChI=1S/C15H12BrN3/c16-12-3-4-13-14(6-12)19-15(18-13)9-1-2-10-7-17-8-11(10)5-9/h1-6,17H,7-8H2,(H,18,19). The summed E-state index contributed by atoms with van der Waals surface area (Å²) in [6, 6.07) is 12.6. The molecule has 1 aliphatic rings. The van der Waals surface area contributed by atoms with Crippen LogP contribution in [0.1, 0.15) is 11.1 Å². The average Bonchev–Trinajstić information content (AvgIpc) is 3.02. The van der Waals surface area contributed by atoms with Crippen LogP contribution in [0, 0.1) is 0 Å². The summed E-state index contributed by atoms with van der Waals surface area (Å²) < 4.78 is 1.06. The summed E-state index contributed by atoms with van der Waals surface area (Å²) in [7, 11) is 0. The molecule has 19 heavy (non-hydrogen) atoms. The van der Waals surface area contributed by atoms with E-state index in [4.69, 9.17) is 0 Å². The number of fused-ring (bicyclic) bond motifs is 2. The lowest BCUT2D eigenvalue weighted by molar-refractivity contribution is 0.765. The number of hydrogen-bond donors (Lipinski definition) is 2. The molecule has 2 heterocycles. The van der Waals surface area contributed by atoms with Crippen molar-refractivity contribution in [3.05, 3.63) is 52.0 Å². The van der Waals surface area contributed by atoms with Gasteiger partial charge in [-0.15, -0.1) is 0 Å². The Kier molecular flexibility index (Phi) is 2.47. The Bertz CT molecular complexity index is 776. The van der Waals surface area contributed by atoms with Gasteiger partial charge < -0.3 is 10.3 Å². The van der Waals surface area contributed by atoms with Gasteiger partial charge in [-0.2, -0.15) is 0 Å². The minimum absolute atomic E-state index is 0.933. The smallest absolute Gasteiger partial charge is 0.138 e. The quantitative estimate of drug-likeness (QED) is 0.720. The zero-order valence-electron chi connectivity index (χ0n) is 10.2. The second-order valence-corrected chi connectivity index (χ2v) is 5.75. The number of H-pyrrole nitrogens is 1. The number of benzene rings is 2. The molecule has 4 heteroatoms. The topological polar surface area (TPSA) is 40.7 Å². The second-order valence-electron chi connectivity index (χ2n) is 4.83. The predicted octanol–water partition coefficient (Wildman–Crippen LogP) is 3.60. The molecule has 94 valence electrons. The van der Waals surface area contributed by atoms with Crippen molar-refractivity contribution in [3.63, 3.8) is 0 Å². The third kappa shape index (κ3) is 1.88. The van der Waals surface area contributed by atoms with Crippen molar-refractivity contribution in [2.24, 2.45) is 0 Å². The normalized spacial score (nSPS) is 13.9. The fourth-order valence-corrected chi connectivity index (χ4v) is 2.92. The lowest BCUT2D eigenvalue weighted by Gasteiger charge is -2.01. The van der Waals surface area contributed by atoms with Crippen LogP contribution < -0.4 is 5.32 Å². The van der Waals surface area contributed by atoms with Crippen LogP contribution in [-0.2, 0) is 13.1 Å². The van der Waals surface area contributed by atoms with Crippen molar-refractivity contribution in [2.75, 3.05) is 0 Å². The molecule has 0 atom stereocenters. The summed E-state index contributed by atoms with van der Waals surface area (Å²) in [4.78, 5) is 8.04. The number of imidazole rings is 1. The molecule has 0 aliphatic carbocycles. The molecule has 0 amide bonds. The molecule has 3 nitrogen and oxygen atoms in total. The minimum atomic E-state index is 0.933. The van der Waals surface area contributed by atoms with Crippen LogP contribution in [0.2, 0.25) is 0 Å². The van der Waals surface area contributed by atoms with E-state index in [1.54, 1.807) is 0 Å². The highest BCUT2D eigenvalue weighted by Gasteiger charge is 2.12. The number of aromatic amines is 1. The van der Waals surface area contributed by atoms with Crippen molar-refractivity contribution in [1.82, 2.24) is 15.3 Å². The molecular formula is C15H12BrN3. The first-order valence-electron chi connectivity index (χ1n) is 6.28. The molecule has 2 aromatic carbocycles. The minimum Gasteiger partial charge on any atom is -0.338 e. The number of nitrogens with zero attached hydrogens (tertiary/aromatic N) is 1. The lowest BCUT2D eigenvalue weighted by atomic mass is 10.1. The molecule has 0 spiro atoms. The first-order valence-corrected chi connectivity index (χ1v) is 7.07. The summed E-state index contributed by atoms with van der Waals surface area (Å²) in [5.74, 6) is 0.933. The van der Waals surface area contributed by atoms with E-state index in [0.717, 1.165) is 40.0 Å². The molecule has 1 aliphatic heterocycles. The second kappa shape index (κ2) is 4.18. The Hall–Kier alpha value is -1.65. The average molecular weight is 314 g/mol. The van der Waals surface area contributed by atoms with Crippen LogP contribution in [0.15, 0.2) is 40.9 Å². The van der Waals surface area contributed by atoms with Crippen molar-refractivity contribution in [3.8, 4) is 11.4 Å². The maximum absolute atomic E-state index is 4.65. The highest BCUT2D eigenvalue weighted by atomic mass is 79.9. The first-order chi connectivity index (χ1) is 9.29. The van der Waals surface area contributed by atoms with Gasteiger partial charge in [0.2, 0.25) is 0 Å². The number of rotatable bonds is 1. The van der Waals surface area contributed by atoms with Crippen LogP contribution in [0.5, 0.6) is 0 Å². The Labute approximate surface area is 119 Å². The van der Waals surface area contributed by atoms with E-state index < -0.39 is 0 Å². The van der Waals surface area contributed by atoms with Crippen molar-refractivity contribution >= 4 is 27.0 Å². The van der Waals surface area contributed by atoms with Gasteiger partial charge in [-0.25, -0.2) is 4.98 Å². The van der Waals surface area contributed by atoms with E-state index in [-0.39, 0.29) is 0 Å². The van der Waals surface area contributed by atoms with Crippen LogP contribution in [0.3, 0.4) is 0 Å². The highest BCUT2D eigenvalue weighted by molar-refractivity contribution is 9.10. The third-order valence-electron chi connectivity index (χ3n) is 3.55. The monoisotopic (exact) mass is 313 g/mol. The summed E-state index contributed by atoms with van der Waals surface area (Å²) in [6.07, 6.45) is 0. The van der Waals surface area contributed by atoms with Crippen LogP contribution in [-0.4, -0.2) is 9.97 Å². The van der Waals surface area contributed by atoms with Gasteiger partial charge in [0.15, 0.2) is 0 Å². The molecule has 0 bridgehead atoms. The van der Waals surface area contributed by atoms with E-state index in [1.807, 2.05) is 12.1 Å². The number of aromatic nitrogens is 2. The highest BCUT2D eigenvalue weighted by Crippen LogP contribution is 2.26. The Morgan fingerprint density at radius 1 is 1.00 bits per heavy atom. The van der Waals surface area contributed by atoms with E-state index in [0.29, 0.717) is 0 Å². The van der Waals surface area contributed by atoms with Gasteiger partial charge in [0.05, 0.1) is 11.0 Å². The predicted molar refractivity (Wildman–Crippen MR) is 79.8 cm³/mol. The SMILES string of the molecule is Brc1ccc2nc(-c3ccc4c(c3)CNC4)[nH]c2c1. The maximum Gasteiger partial charge on any atom is 0.138 e. The Morgan fingerprint density at radius 2 is 1.89 bits per heavy atom. The van der Waals surface area contributed by atoms with Gasteiger partial charge >= 0.3 is 0 Å². The van der Waals surface area contributed by atoms with Crippen molar-refractivity contribution in [2.45, 2.75) is 13.1 Å². The molecule has 1 aromatic heterocycles. The summed E-state index contributed by atoms with van der Waals surface area (Å²) >= 11 is 3.48. The Balaban J connectivity index is 1.85. The van der Waals surface area contributed by atoms with E-state index in [2.05, 4.69) is 55.5 Å². The summed E-state index contributed by atoms with van der Waals surface area (Å²) in [6.45, 7) is 1.93. The molecule has 4 rings (SSSR count). The van der Waals surface area contributed by atoms with Gasteiger partial charge in [0, 0.05) is 23.1 Å². The fourth-order valence-electron chi connectivity index (χ4n) is 2.56. The fraction of sp³-hybridized carbons (Fsp3) is 0.133. The zero-order valence-corrected chi connectivity index (χ0v) is 11.8. The van der Waals surface area contributed by atoms with Gasteiger partial charge in [-0.05, 0) is 35.4 Å². The molecular weight excluding hydrogens is 302 g/mol. The van der Waals surface area contributed by atoms with Crippen LogP contribution >= 0.6 is 15.9 Å².